The average molecular weight is 443 g/mol. The Morgan fingerprint density at radius 1 is 1.23 bits per heavy atom. The molecule has 1 aliphatic heterocycles. The molecule has 0 saturated carbocycles. The summed E-state index contributed by atoms with van der Waals surface area (Å²) in [6.45, 7) is 9.35. The lowest BCUT2D eigenvalue weighted by atomic mass is 10.2. The van der Waals surface area contributed by atoms with Crippen LogP contribution in [0.15, 0.2) is 35.1 Å². The van der Waals surface area contributed by atoms with Crippen LogP contribution in [0.25, 0.3) is 10.2 Å². The predicted molar refractivity (Wildman–Crippen MR) is 124 cm³/mol. The number of morpholine rings is 1. The van der Waals surface area contributed by atoms with Crippen molar-refractivity contribution in [3.8, 4) is 0 Å². The van der Waals surface area contributed by atoms with Crippen molar-refractivity contribution in [3.05, 3.63) is 62.5 Å². The van der Waals surface area contributed by atoms with Gasteiger partial charge in [-0.25, -0.2) is 4.98 Å². The lowest BCUT2D eigenvalue weighted by molar-refractivity contribution is 0.00537. The minimum atomic E-state index is -0.497. The molecule has 1 aromatic carbocycles. The van der Waals surface area contributed by atoms with Gasteiger partial charge in [-0.2, -0.15) is 0 Å². The summed E-state index contributed by atoms with van der Waals surface area (Å²) >= 11 is 1.56. The van der Waals surface area contributed by atoms with Gasteiger partial charge in [-0.15, -0.1) is 11.3 Å². The first-order chi connectivity index (χ1) is 15.0. The van der Waals surface area contributed by atoms with Gasteiger partial charge in [0.2, 0.25) is 0 Å². The molecule has 0 spiro atoms. The Hall–Kier alpha value is -2.10. The van der Waals surface area contributed by atoms with Crippen LogP contribution in [-0.2, 0) is 17.8 Å². The highest BCUT2D eigenvalue weighted by Gasteiger charge is 2.20. The van der Waals surface area contributed by atoms with Crippen LogP contribution in [0.5, 0.6) is 0 Å². The predicted octanol–water partition coefficient (Wildman–Crippen LogP) is 2.30. The number of aromatic nitrogens is 2. The lowest BCUT2D eigenvalue weighted by Gasteiger charge is -2.31. The molecule has 1 unspecified atom stereocenters. The van der Waals surface area contributed by atoms with E-state index in [-0.39, 0.29) is 5.56 Å². The van der Waals surface area contributed by atoms with Crippen molar-refractivity contribution < 1.29 is 9.84 Å². The molecule has 0 bridgehead atoms. The van der Waals surface area contributed by atoms with Gasteiger partial charge in [0.25, 0.3) is 5.56 Å². The molecule has 0 amide bonds. The summed E-state index contributed by atoms with van der Waals surface area (Å²) in [5.41, 5.74) is 2.07. The summed E-state index contributed by atoms with van der Waals surface area (Å²) < 4.78 is 5.40. The number of thiophene rings is 1. The van der Waals surface area contributed by atoms with Gasteiger partial charge < -0.3 is 14.8 Å². The van der Waals surface area contributed by atoms with E-state index in [0.717, 1.165) is 33.9 Å². The Kier molecular flexibility index (Phi) is 7.14. The molecule has 1 aliphatic rings. The number of rotatable bonds is 8. The minimum Gasteiger partial charge on any atom is -0.390 e. The summed E-state index contributed by atoms with van der Waals surface area (Å²) in [6.07, 6.45) is -0.497. The van der Waals surface area contributed by atoms with Crippen LogP contribution in [0.2, 0.25) is 0 Å². The second-order valence-corrected chi connectivity index (χ2v) is 9.40. The Labute approximate surface area is 186 Å². The standard InChI is InChI=1S/C23H30N4O3S/c1-16-17(2)31-23-21(16)22(29)24-20(25-23)15-27(12-18-6-4-3-5-7-18)14-19(28)13-26-8-10-30-11-9-26/h3-7,19,28H,8-15H2,1-2H3,(H,24,25,29). The van der Waals surface area contributed by atoms with Crippen molar-refractivity contribution in [2.45, 2.75) is 33.0 Å². The van der Waals surface area contributed by atoms with E-state index in [2.05, 4.69) is 26.9 Å². The average Bonchev–Trinajstić information content (AvgIpc) is 3.03. The molecule has 3 heterocycles. The summed E-state index contributed by atoms with van der Waals surface area (Å²) in [5, 5.41) is 11.5. The minimum absolute atomic E-state index is 0.0876. The SMILES string of the molecule is Cc1sc2nc(CN(Cc3ccccc3)CC(O)CN3CCOCC3)[nH]c(=O)c2c1C. The van der Waals surface area contributed by atoms with Gasteiger partial charge in [-0.05, 0) is 25.0 Å². The number of aliphatic hydroxyl groups is 1. The number of H-pyrrole nitrogens is 1. The van der Waals surface area contributed by atoms with Gasteiger partial charge in [-0.3, -0.25) is 14.6 Å². The van der Waals surface area contributed by atoms with Crippen LogP contribution in [0, 0.1) is 13.8 Å². The smallest absolute Gasteiger partial charge is 0.259 e. The van der Waals surface area contributed by atoms with E-state index in [1.54, 1.807) is 11.3 Å². The van der Waals surface area contributed by atoms with Crippen LogP contribution in [-0.4, -0.2) is 70.4 Å². The van der Waals surface area contributed by atoms with Crippen LogP contribution >= 0.6 is 11.3 Å². The van der Waals surface area contributed by atoms with Gasteiger partial charge in [-0.1, -0.05) is 30.3 Å². The van der Waals surface area contributed by atoms with Crippen molar-refractivity contribution in [2.24, 2.45) is 0 Å². The van der Waals surface area contributed by atoms with E-state index in [1.165, 1.54) is 0 Å². The zero-order valence-electron chi connectivity index (χ0n) is 18.1. The Balaban J connectivity index is 1.52. The van der Waals surface area contributed by atoms with Crippen LogP contribution in [0.3, 0.4) is 0 Å². The van der Waals surface area contributed by atoms with Gasteiger partial charge in [0.15, 0.2) is 0 Å². The molecule has 3 aromatic rings. The van der Waals surface area contributed by atoms with Crippen molar-refractivity contribution in [1.82, 2.24) is 19.8 Å². The summed E-state index contributed by atoms with van der Waals surface area (Å²) in [5.74, 6) is 0.633. The number of nitrogens with one attached hydrogen (secondary N) is 1. The number of hydrogen-bond donors (Lipinski definition) is 2. The highest BCUT2D eigenvalue weighted by molar-refractivity contribution is 7.18. The molecule has 1 atom stereocenters. The third-order valence-corrected chi connectivity index (χ3v) is 6.85. The fourth-order valence-electron chi connectivity index (χ4n) is 4.05. The van der Waals surface area contributed by atoms with Crippen LogP contribution in [0.1, 0.15) is 21.8 Å². The third kappa shape index (κ3) is 5.58. The van der Waals surface area contributed by atoms with Crippen LogP contribution in [0.4, 0.5) is 0 Å². The molecule has 4 rings (SSSR count). The molecule has 31 heavy (non-hydrogen) atoms. The van der Waals surface area contributed by atoms with Gasteiger partial charge in [0.1, 0.15) is 10.7 Å². The maximum Gasteiger partial charge on any atom is 0.259 e. The zero-order chi connectivity index (χ0) is 21.8. The summed E-state index contributed by atoms with van der Waals surface area (Å²) in [4.78, 5) is 26.7. The molecular weight excluding hydrogens is 412 g/mol. The molecule has 1 saturated heterocycles. The number of fused-ring (bicyclic) bond motifs is 1. The van der Waals surface area contributed by atoms with E-state index in [1.807, 2.05) is 32.0 Å². The number of aromatic amines is 1. The molecule has 7 nitrogen and oxygen atoms in total. The van der Waals surface area contributed by atoms with E-state index < -0.39 is 6.10 Å². The first-order valence-electron chi connectivity index (χ1n) is 10.7. The molecular formula is C23H30N4O3S. The van der Waals surface area contributed by atoms with Crippen molar-refractivity contribution >= 4 is 21.6 Å². The molecule has 166 valence electrons. The maximum atomic E-state index is 12.7. The van der Waals surface area contributed by atoms with Crippen molar-refractivity contribution in [2.75, 3.05) is 39.4 Å². The third-order valence-electron chi connectivity index (χ3n) is 5.75. The molecule has 2 aromatic heterocycles. The molecule has 8 heteroatoms. The zero-order valence-corrected chi connectivity index (χ0v) is 19.0. The highest BCUT2D eigenvalue weighted by atomic mass is 32.1. The number of ether oxygens (including phenoxy) is 1. The second-order valence-electron chi connectivity index (χ2n) is 8.20. The van der Waals surface area contributed by atoms with Crippen LogP contribution < -0.4 is 5.56 Å². The highest BCUT2D eigenvalue weighted by Crippen LogP contribution is 2.25. The maximum absolute atomic E-state index is 12.7. The fraction of sp³-hybridized carbons (Fsp3) is 0.478. The van der Waals surface area contributed by atoms with Crippen molar-refractivity contribution in [1.29, 1.82) is 0 Å². The lowest BCUT2D eigenvalue weighted by Crippen LogP contribution is -2.44. The number of aryl methyl sites for hydroxylation is 2. The van der Waals surface area contributed by atoms with E-state index in [0.29, 0.717) is 50.6 Å². The van der Waals surface area contributed by atoms with E-state index in [9.17, 15) is 9.90 Å². The Morgan fingerprint density at radius 3 is 2.71 bits per heavy atom. The number of hydrogen-bond acceptors (Lipinski definition) is 7. The Bertz CT molecular complexity index is 1060. The fourth-order valence-corrected chi connectivity index (χ4v) is 5.10. The summed E-state index contributed by atoms with van der Waals surface area (Å²) in [6, 6.07) is 10.2. The first kappa shape index (κ1) is 22.1. The van der Waals surface area contributed by atoms with Gasteiger partial charge >= 0.3 is 0 Å². The monoisotopic (exact) mass is 442 g/mol. The first-order valence-corrected chi connectivity index (χ1v) is 11.5. The topological polar surface area (TPSA) is 81.7 Å². The molecule has 0 aliphatic carbocycles. The number of benzene rings is 1. The van der Waals surface area contributed by atoms with E-state index >= 15 is 0 Å². The van der Waals surface area contributed by atoms with Crippen molar-refractivity contribution in [3.63, 3.8) is 0 Å². The molecule has 1 fully saturated rings. The Morgan fingerprint density at radius 2 is 1.97 bits per heavy atom. The number of aliphatic hydroxyl groups excluding tert-OH is 1. The quantitative estimate of drug-likeness (QED) is 0.557. The normalized spacial score (nSPS) is 16.3. The van der Waals surface area contributed by atoms with E-state index in [4.69, 9.17) is 9.72 Å². The number of nitrogens with zero attached hydrogens (tertiary/aromatic N) is 3. The second kappa shape index (κ2) is 10.0. The molecule has 2 N–H and O–H groups in total. The number of β-amino-alcohol motifs (C(OH)–C–C–N with tert-alkyl or cyclic N) is 1. The largest absolute Gasteiger partial charge is 0.390 e. The molecule has 0 radical (unpaired) electrons. The van der Waals surface area contributed by atoms with Gasteiger partial charge in [0.05, 0.1) is 31.2 Å². The van der Waals surface area contributed by atoms with Gasteiger partial charge in [0, 0.05) is 37.6 Å². The summed E-state index contributed by atoms with van der Waals surface area (Å²) in [7, 11) is 0.